The second-order valence-electron chi connectivity index (χ2n) is 3.27. The van der Waals surface area contributed by atoms with Crippen LogP contribution >= 0.6 is 12.4 Å². The standard InChI is InChI=1S/C10H12F3NO.ClH/c1-7(14)8-3-2-4-9(5-8)15-6-10(11,12)13;/h2-5,7H,6,14H2,1H3;1H. The van der Waals surface area contributed by atoms with E-state index in [1.165, 1.54) is 12.1 Å². The van der Waals surface area contributed by atoms with Crippen molar-refractivity contribution in [3.05, 3.63) is 29.8 Å². The molecule has 0 fully saturated rings. The predicted molar refractivity (Wildman–Crippen MR) is 57.8 cm³/mol. The van der Waals surface area contributed by atoms with Crippen LogP contribution in [0.5, 0.6) is 5.75 Å². The van der Waals surface area contributed by atoms with E-state index < -0.39 is 12.8 Å². The van der Waals surface area contributed by atoms with Gasteiger partial charge in [0.25, 0.3) is 0 Å². The van der Waals surface area contributed by atoms with Crippen molar-refractivity contribution in [2.24, 2.45) is 5.73 Å². The average molecular weight is 256 g/mol. The molecule has 0 aliphatic heterocycles. The first kappa shape index (κ1) is 15.1. The third-order valence-electron chi connectivity index (χ3n) is 1.79. The molecule has 1 atom stereocenters. The Balaban J connectivity index is 0.00000225. The second-order valence-corrected chi connectivity index (χ2v) is 3.27. The monoisotopic (exact) mass is 255 g/mol. The van der Waals surface area contributed by atoms with Crippen molar-refractivity contribution in [3.8, 4) is 5.75 Å². The molecule has 0 heterocycles. The predicted octanol–water partition coefficient (Wildman–Crippen LogP) is 3.07. The Bertz CT molecular complexity index is 328. The van der Waals surface area contributed by atoms with E-state index in [0.717, 1.165) is 5.56 Å². The van der Waals surface area contributed by atoms with Gasteiger partial charge in [0, 0.05) is 6.04 Å². The van der Waals surface area contributed by atoms with Gasteiger partial charge in [0.1, 0.15) is 5.75 Å². The summed E-state index contributed by atoms with van der Waals surface area (Å²) in [6, 6.07) is 6.11. The Kier molecular flexibility index (Phi) is 5.61. The molecule has 1 aromatic rings. The molecule has 0 aliphatic carbocycles. The number of ether oxygens (including phenoxy) is 1. The van der Waals surface area contributed by atoms with E-state index in [1.54, 1.807) is 19.1 Å². The molecular formula is C10H13ClF3NO. The summed E-state index contributed by atoms with van der Waals surface area (Å²) < 4.78 is 40.1. The highest BCUT2D eigenvalue weighted by molar-refractivity contribution is 5.85. The molecule has 2 N–H and O–H groups in total. The Morgan fingerprint density at radius 1 is 1.38 bits per heavy atom. The van der Waals surface area contributed by atoms with E-state index in [2.05, 4.69) is 4.74 Å². The smallest absolute Gasteiger partial charge is 0.422 e. The van der Waals surface area contributed by atoms with Crippen LogP contribution in [0.4, 0.5) is 13.2 Å². The quantitative estimate of drug-likeness (QED) is 0.901. The van der Waals surface area contributed by atoms with E-state index in [4.69, 9.17) is 5.73 Å². The first-order valence-electron chi connectivity index (χ1n) is 4.43. The molecular weight excluding hydrogens is 243 g/mol. The molecule has 0 aromatic heterocycles. The van der Waals surface area contributed by atoms with Crippen LogP contribution in [0.3, 0.4) is 0 Å². The molecule has 0 aliphatic rings. The molecule has 92 valence electrons. The van der Waals surface area contributed by atoms with Crippen LogP contribution in [0, 0.1) is 0 Å². The molecule has 6 heteroatoms. The number of hydrogen-bond acceptors (Lipinski definition) is 2. The largest absolute Gasteiger partial charge is 0.484 e. The van der Waals surface area contributed by atoms with Crippen LogP contribution in [-0.2, 0) is 0 Å². The Morgan fingerprint density at radius 3 is 2.50 bits per heavy atom. The minimum Gasteiger partial charge on any atom is -0.484 e. The number of halogens is 4. The first-order valence-corrected chi connectivity index (χ1v) is 4.43. The Morgan fingerprint density at radius 2 is 2.00 bits per heavy atom. The molecule has 0 bridgehead atoms. The van der Waals surface area contributed by atoms with Gasteiger partial charge in [-0.25, -0.2) is 0 Å². The summed E-state index contributed by atoms with van der Waals surface area (Å²) in [5, 5.41) is 0. The van der Waals surface area contributed by atoms with E-state index in [1.807, 2.05) is 0 Å². The summed E-state index contributed by atoms with van der Waals surface area (Å²) in [5.41, 5.74) is 6.33. The molecule has 0 saturated heterocycles. The summed E-state index contributed by atoms with van der Waals surface area (Å²) >= 11 is 0. The van der Waals surface area contributed by atoms with Crippen molar-refractivity contribution < 1.29 is 17.9 Å². The average Bonchev–Trinajstić information content (AvgIpc) is 2.14. The van der Waals surface area contributed by atoms with Crippen LogP contribution in [0.15, 0.2) is 24.3 Å². The fourth-order valence-corrected chi connectivity index (χ4v) is 1.05. The minimum atomic E-state index is -4.32. The molecule has 0 spiro atoms. The van der Waals surface area contributed by atoms with Crippen molar-refractivity contribution >= 4 is 12.4 Å². The molecule has 0 amide bonds. The highest BCUT2D eigenvalue weighted by atomic mass is 35.5. The lowest BCUT2D eigenvalue weighted by atomic mass is 10.1. The lowest BCUT2D eigenvalue weighted by Crippen LogP contribution is -2.19. The lowest BCUT2D eigenvalue weighted by Gasteiger charge is -2.11. The van der Waals surface area contributed by atoms with Crippen molar-refractivity contribution in [3.63, 3.8) is 0 Å². The molecule has 16 heavy (non-hydrogen) atoms. The molecule has 1 aromatic carbocycles. The maximum absolute atomic E-state index is 11.9. The Labute approximate surface area is 98.0 Å². The third-order valence-corrected chi connectivity index (χ3v) is 1.79. The maximum atomic E-state index is 11.9. The molecule has 0 radical (unpaired) electrons. The van der Waals surface area contributed by atoms with Gasteiger partial charge in [-0.3, -0.25) is 0 Å². The van der Waals surface area contributed by atoms with Gasteiger partial charge in [-0.05, 0) is 24.6 Å². The highest BCUT2D eigenvalue weighted by Crippen LogP contribution is 2.21. The van der Waals surface area contributed by atoms with Gasteiger partial charge >= 0.3 is 6.18 Å². The molecule has 1 unspecified atom stereocenters. The normalized spacial score (nSPS) is 12.8. The van der Waals surface area contributed by atoms with Gasteiger partial charge in [-0.2, -0.15) is 13.2 Å². The van der Waals surface area contributed by atoms with Crippen molar-refractivity contribution in [1.82, 2.24) is 0 Å². The zero-order chi connectivity index (χ0) is 11.5. The topological polar surface area (TPSA) is 35.2 Å². The number of alkyl halides is 3. The number of benzene rings is 1. The van der Waals surface area contributed by atoms with Crippen LogP contribution < -0.4 is 10.5 Å². The van der Waals surface area contributed by atoms with Gasteiger partial charge in [-0.1, -0.05) is 12.1 Å². The fourth-order valence-electron chi connectivity index (χ4n) is 1.05. The van der Waals surface area contributed by atoms with Gasteiger partial charge < -0.3 is 10.5 Å². The molecule has 0 saturated carbocycles. The van der Waals surface area contributed by atoms with E-state index >= 15 is 0 Å². The van der Waals surface area contributed by atoms with Gasteiger partial charge in [0.05, 0.1) is 0 Å². The second kappa shape index (κ2) is 5.96. The fraction of sp³-hybridized carbons (Fsp3) is 0.400. The Hall–Kier alpha value is -0.940. The number of rotatable bonds is 3. The summed E-state index contributed by atoms with van der Waals surface area (Å²) in [4.78, 5) is 0. The van der Waals surface area contributed by atoms with E-state index in [-0.39, 0.29) is 24.2 Å². The first-order chi connectivity index (χ1) is 6.88. The summed E-state index contributed by atoms with van der Waals surface area (Å²) in [5.74, 6) is 0.183. The molecule has 1 rings (SSSR count). The SMILES string of the molecule is CC(N)c1cccc(OCC(F)(F)F)c1.Cl. The number of hydrogen-bond donors (Lipinski definition) is 1. The highest BCUT2D eigenvalue weighted by Gasteiger charge is 2.28. The van der Waals surface area contributed by atoms with E-state index in [9.17, 15) is 13.2 Å². The van der Waals surface area contributed by atoms with Gasteiger partial charge in [0.15, 0.2) is 6.61 Å². The summed E-state index contributed by atoms with van der Waals surface area (Å²) in [7, 11) is 0. The van der Waals surface area contributed by atoms with Crippen molar-refractivity contribution in [2.75, 3.05) is 6.61 Å². The zero-order valence-corrected chi connectivity index (χ0v) is 9.44. The minimum absolute atomic E-state index is 0. The van der Waals surface area contributed by atoms with Crippen LogP contribution in [-0.4, -0.2) is 12.8 Å². The van der Waals surface area contributed by atoms with Crippen LogP contribution in [0.1, 0.15) is 18.5 Å². The van der Waals surface area contributed by atoms with Crippen LogP contribution in [0.25, 0.3) is 0 Å². The third kappa shape index (κ3) is 5.23. The summed E-state index contributed by atoms with van der Waals surface area (Å²) in [6.45, 7) is 0.471. The van der Waals surface area contributed by atoms with Crippen molar-refractivity contribution in [2.45, 2.75) is 19.1 Å². The lowest BCUT2D eigenvalue weighted by molar-refractivity contribution is -0.153. The van der Waals surface area contributed by atoms with Crippen molar-refractivity contribution in [1.29, 1.82) is 0 Å². The van der Waals surface area contributed by atoms with Crippen LogP contribution in [0.2, 0.25) is 0 Å². The maximum Gasteiger partial charge on any atom is 0.422 e. The zero-order valence-electron chi connectivity index (χ0n) is 8.62. The summed E-state index contributed by atoms with van der Waals surface area (Å²) in [6.07, 6.45) is -4.32. The van der Waals surface area contributed by atoms with E-state index in [0.29, 0.717) is 0 Å². The van der Waals surface area contributed by atoms with Gasteiger partial charge in [-0.15, -0.1) is 12.4 Å². The molecule has 2 nitrogen and oxygen atoms in total. The van der Waals surface area contributed by atoms with Gasteiger partial charge in [0.2, 0.25) is 0 Å². The number of nitrogens with two attached hydrogens (primary N) is 1.